The number of hydrogen-bond donors (Lipinski definition) is 0. The molecule has 5 atom stereocenters. The van der Waals surface area contributed by atoms with Gasteiger partial charge in [-0.15, -0.1) is 0 Å². The van der Waals surface area contributed by atoms with Crippen LogP contribution in [0.15, 0.2) is 11.6 Å². The highest BCUT2D eigenvalue weighted by Crippen LogP contribution is 2.59. The zero-order valence-corrected chi connectivity index (χ0v) is 16.8. The molecule has 3 rings (SSSR count). The Kier molecular flexibility index (Phi) is 5.09. The molecule has 25 heavy (non-hydrogen) atoms. The van der Waals surface area contributed by atoms with E-state index in [9.17, 15) is 4.79 Å². The Bertz CT molecular complexity index is 547. The van der Waals surface area contributed by atoms with Crippen molar-refractivity contribution in [2.75, 3.05) is 13.2 Å². The molecular weight excluding hydrogens is 312 g/mol. The van der Waals surface area contributed by atoms with E-state index in [4.69, 9.17) is 9.47 Å². The summed E-state index contributed by atoms with van der Waals surface area (Å²) < 4.78 is 10.9. The maximum atomic E-state index is 11.2. The number of fused-ring (bicyclic) bond motifs is 1. The van der Waals surface area contributed by atoms with E-state index in [-0.39, 0.29) is 17.0 Å². The number of carbonyl (C=O) groups excluding carboxylic acids is 1. The van der Waals surface area contributed by atoms with Crippen molar-refractivity contribution in [3.05, 3.63) is 11.6 Å². The zero-order chi connectivity index (χ0) is 18.3. The summed E-state index contributed by atoms with van der Waals surface area (Å²) in [6, 6.07) is 0. The Morgan fingerprint density at radius 3 is 2.60 bits per heavy atom. The van der Waals surface area contributed by atoms with Gasteiger partial charge in [-0.3, -0.25) is 4.79 Å². The van der Waals surface area contributed by atoms with Gasteiger partial charge in [-0.05, 0) is 74.5 Å². The van der Waals surface area contributed by atoms with E-state index in [0.29, 0.717) is 17.9 Å². The van der Waals surface area contributed by atoms with E-state index >= 15 is 0 Å². The average Bonchev–Trinajstić information content (AvgIpc) is 3.28. The molecule has 1 aliphatic heterocycles. The van der Waals surface area contributed by atoms with E-state index in [2.05, 4.69) is 33.8 Å². The first-order valence-corrected chi connectivity index (χ1v) is 10.2. The van der Waals surface area contributed by atoms with Gasteiger partial charge in [-0.1, -0.05) is 32.4 Å². The topological polar surface area (TPSA) is 38.8 Å². The van der Waals surface area contributed by atoms with Gasteiger partial charge in [0, 0.05) is 6.92 Å². The average molecular weight is 349 g/mol. The van der Waals surface area contributed by atoms with Crippen LogP contribution in [-0.4, -0.2) is 24.8 Å². The lowest BCUT2D eigenvalue weighted by molar-refractivity contribution is -0.142. The lowest BCUT2D eigenvalue weighted by atomic mass is 9.51. The van der Waals surface area contributed by atoms with Gasteiger partial charge in [0.25, 0.3) is 0 Å². The van der Waals surface area contributed by atoms with Crippen LogP contribution < -0.4 is 0 Å². The Morgan fingerprint density at radius 1 is 1.24 bits per heavy atom. The molecule has 0 aromatic carbocycles. The van der Waals surface area contributed by atoms with Crippen molar-refractivity contribution < 1.29 is 14.3 Å². The summed E-state index contributed by atoms with van der Waals surface area (Å²) in [5.41, 5.74) is 2.40. The normalized spacial score (nSPS) is 43.2. The molecule has 1 saturated heterocycles. The summed E-state index contributed by atoms with van der Waals surface area (Å²) in [6.07, 6.45) is 10.9. The maximum absolute atomic E-state index is 11.2. The Balaban J connectivity index is 1.75. The lowest BCUT2D eigenvalue weighted by Gasteiger charge is -2.54. The number of epoxide rings is 1. The van der Waals surface area contributed by atoms with Crippen molar-refractivity contribution in [2.45, 2.75) is 85.2 Å². The molecular formula is C22H36O3. The smallest absolute Gasteiger partial charge is 0.302 e. The second kappa shape index (κ2) is 6.72. The van der Waals surface area contributed by atoms with Crippen LogP contribution in [0, 0.1) is 22.7 Å². The van der Waals surface area contributed by atoms with Crippen molar-refractivity contribution in [3.8, 4) is 0 Å². The van der Waals surface area contributed by atoms with Gasteiger partial charge in [-0.2, -0.15) is 0 Å². The van der Waals surface area contributed by atoms with E-state index in [1.54, 1.807) is 5.57 Å². The molecule has 2 aliphatic carbocycles. The molecule has 0 aromatic rings. The molecule has 0 radical (unpaired) electrons. The number of ether oxygens (including phenoxy) is 2. The fourth-order valence-electron chi connectivity index (χ4n) is 5.31. The standard InChI is InChI=1S/C22H36O3/c1-16-8-9-18-19(22(16,5)12-11-21(4)15-25-21)7-6-10-20(18,3)13-14-24-17(2)23/h7,16,18H,6,8-15H2,1-5H3/t16-,18+,20-,21?,22+/m1/s1. The molecule has 1 heterocycles. The van der Waals surface area contributed by atoms with Gasteiger partial charge < -0.3 is 9.47 Å². The lowest BCUT2D eigenvalue weighted by Crippen LogP contribution is -2.44. The summed E-state index contributed by atoms with van der Waals surface area (Å²) >= 11 is 0. The number of carbonyl (C=O) groups is 1. The van der Waals surface area contributed by atoms with Gasteiger partial charge in [0.2, 0.25) is 0 Å². The monoisotopic (exact) mass is 348 g/mol. The van der Waals surface area contributed by atoms with Crippen molar-refractivity contribution >= 4 is 5.97 Å². The molecule has 0 aromatic heterocycles. The summed E-state index contributed by atoms with van der Waals surface area (Å²) in [4.78, 5) is 11.2. The first-order valence-electron chi connectivity index (χ1n) is 10.2. The SMILES string of the molecule is CC(=O)OCC[C@@]1(C)CCC=C2[C@@H]1CC[C@@H](C)[C@]2(C)CCC1(C)CO1. The molecule has 0 N–H and O–H groups in total. The van der Waals surface area contributed by atoms with E-state index in [0.717, 1.165) is 18.9 Å². The Morgan fingerprint density at radius 2 is 1.96 bits per heavy atom. The maximum Gasteiger partial charge on any atom is 0.302 e. The summed E-state index contributed by atoms with van der Waals surface area (Å²) in [5.74, 6) is 1.22. The van der Waals surface area contributed by atoms with Crippen LogP contribution in [0.3, 0.4) is 0 Å². The minimum Gasteiger partial charge on any atom is -0.466 e. The van der Waals surface area contributed by atoms with E-state index in [1.165, 1.54) is 45.4 Å². The first kappa shape index (κ1) is 18.9. The van der Waals surface area contributed by atoms with Crippen molar-refractivity contribution in [2.24, 2.45) is 22.7 Å². The molecule has 0 amide bonds. The highest BCUT2D eigenvalue weighted by molar-refractivity contribution is 5.65. The summed E-state index contributed by atoms with van der Waals surface area (Å²) in [6.45, 7) is 12.6. The third-order valence-corrected chi connectivity index (χ3v) is 7.72. The van der Waals surface area contributed by atoms with Crippen LogP contribution in [0.25, 0.3) is 0 Å². The molecule has 0 bridgehead atoms. The molecule has 1 unspecified atom stereocenters. The van der Waals surface area contributed by atoms with E-state index in [1.807, 2.05) is 0 Å². The summed E-state index contributed by atoms with van der Waals surface area (Å²) in [5, 5.41) is 0. The predicted octanol–water partition coefficient (Wildman–Crippen LogP) is 5.29. The quantitative estimate of drug-likeness (QED) is 0.372. The second-order valence-corrected chi connectivity index (χ2v) is 9.63. The third kappa shape index (κ3) is 3.82. The Labute approximate surface area is 153 Å². The van der Waals surface area contributed by atoms with Gasteiger partial charge in [0.05, 0.1) is 18.8 Å². The zero-order valence-electron chi connectivity index (χ0n) is 16.8. The fourth-order valence-corrected chi connectivity index (χ4v) is 5.31. The highest BCUT2D eigenvalue weighted by atomic mass is 16.6. The third-order valence-electron chi connectivity index (χ3n) is 7.72. The minimum absolute atomic E-state index is 0.142. The number of hydrogen-bond acceptors (Lipinski definition) is 3. The van der Waals surface area contributed by atoms with Crippen LogP contribution in [-0.2, 0) is 14.3 Å². The van der Waals surface area contributed by atoms with Gasteiger partial charge in [0.15, 0.2) is 0 Å². The second-order valence-electron chi connectivity index (χ2n) is 9.63. The van der Waals surface area contributed by atoms with Crippen molar-refractivity contribution in [3.63, 3.8) is 0 Å². The van der Waals surface area contributed by atoms with Gasteiger partial charge >= 0.3 is 5.97 Å². The van der Waals surface area contributed by atoms with Crippen LogP contribution in [0.2, 0.25) is 0 Å². The Hall–Kier alpha value is -0.830. The van der Waals surface area contributed by atoms with Gasteiger partial charge in [0.1, 0.15) is 0 Å². The predicted molar refractivity (Wildman–Crippen MR) is 100 cm³/mol. The van der Waals surface area contributed by atoms with Crippen LogP contribution in [0.4, 0.5) is 0 Å². The molecule has 3 heteroatoms. The van der Waals surface area contributed by atoms with Crippen LogP contribution in [0.5, 0.6) is 0 Å². The van der Waals surface area contributed by atoms with E-state index < -0.39 is 0 Å². The minimum atomic E-state index is -0.157. The molecule has 3 aliphatic rings. The van der Waals surface area contributed by atoms with Crippen LogP contribution in [0.1, 0.15) is 79.6 Å². The number of esters is 1. The molecule has 0 spiro atoms. The largest absolute Gasteiger partial charge is 0.466 e. The first-order chi connectivity index (χ1) is 11.7. The molecule has 1 saturated carbocycles. The fraction of sp³-hybridized carbons (Fsp3) is 0.864. The summed E-state index contributed by atoms with van der Waals surface area (Å²) in [7, 11) is 0. The van der Waals surface area contributed by atoms with Crippen LogP contribution >= 0.6 is 0 Å². The van der Waals surface area contributed by atoms with Crippen molar-refractivity contribution in [1.29, 1.82) is 0 Å². The molecule has 2 fully saturated rings. The molecule has 3 nitrogen and oxygen atoms in total. The number of allylic oxidation sites excluding steroid dienone is 2. The highest BCUT2D eigenvalue weighted by Gasteiger charge is 2.51. The van der Waals surface area contributed by atoms with Crippen molar-refractivity contribution in [1.82, 2.24) is 0 Å². The number of rotatable bonds is 6. The van der Waals surface area contributed by atoms with Gasteiger partial charge in [-0.25, -0.2) is 0 Å². The molecule has 142 valence electrons.